The van der Waals surface area contributed by atoms with Gasteiger partial charge in [0.05, 0.1) is 19.4 Å². The fraction of sp³-hybridized carbons (Fsp3) is 0.286. The maximum Gasteiger partial charge on any atom is 0.139 e. The molecule has 0 aromatic carbocycles. The highest BCUT2D eigenvalue weighted by molar-refractivity contribution is 5.34. The standard InChI is InChI=1S/C7H9NO3/c9-3-5-1-8-2-7(11)6(5)4-10/h1-2,9-11H,3-4H2. The number of aromatic hydroxyl groups is 1. The highest BCUT2D eigenvalue weighted by atomic mass is 16.3. The summed E-state index contributed by atoms with van der Waals surface area (Å²) in [6.45, 7) is -0.512. The third-order valence-corrected chi connectivity index (χ3v) is 1.45. The van der Waals surface area contributed by atoms with Crippen LogP contribution in [0.1, 0.15) is 11.1 Å². The first-order chi connectivity index (χ1) is 5.29. The monoisotopic (exact) mass is 155 g/mol. The topological polar surface area (TPSA) is 73.6 Å². The molecule has 0 saturated carbocycles. The molecule has 4 heteroatoms. The summed E-state index contributed by atoms with van der Waals surface area (Å²) in [5, 5.41) is 26.5. The minimum atomic E-state index is -0.287. The summed E-state index contributed by atoms with van der Waals surface area (Å²) in [7, 11) is 0. The maximum atomic E-state index is 9.09. The van der Waals surface area contributed by atoms with Gasteiger partial charge in [-0.15, -0.1) is 0 Å². The van der Waals surface area contributed by atoms with E-state index < -0.39 is 0 Å². The number of nitrogens with zero attached hydrogens (tertiary/aromatic N) is 1. The molecule has 4 nitrogen and oxygen atoms in total. The molecule has 0 saturated heterocycles. The van der Waals surface area contributed by atoms with Crippen molar-refractivity contribution in [2.75, 3.05) is 0 Å². The van der Waals surface area contributed by atoms with Crippen molar-refractivity contribution in [2.24, 2.45) is 0 Å². The van der Waals surface area contributed by atoms with Crippen LogP contribution in [0.5, 0.6) is 5.75 Å². The maximum absolute atomic E-state index is 9.09. The molecule has 11 heavy (non-hydrogen) atoms. The summed E-state index contributed by atoms with van der Waals surface area (Å²) in [5.41, 5.74) is 0.787. The molecule has 0 radical (unpaired) electrons. The number of aliphatic hydroxyl groups is 2. The van der Waals surface area contributed by atoms with Crippen molar-refractivity contribution in [3.63, 3.8) is 0 Å². The van der Waals surface area contributed by atoms with Crippen LogP contribution in [0.3, 0.4) is 0 Å². The van der Waals surface area contributed by atoms with Crippen LogP contribution in [0.4, 0.5) is 0 Å². The van der Waals surface area contributed by atoms with Gasteiger partial charge < -0.3 is 15.3 Å². The van der Waals surface area contributed by atoms with Gasteiger partial charge in [-0.1, -0.05) is 0 Å². The molecule has 0 atom stereocenters. The fourth-order valence-corrected chi connectivity index (χ4v) is 0.837. The average molecular weight is 155 g/mol. The Labute approximate surface area is 63.8 Å². The summed E-state index contributed by atoms with van der Waals surface area (Å²) in [6.07, 6.45) is 2.63. The first kappa shape index (κ1) is 7.97. The van der Waals surface area contributed by atoms with Crippen LogP contribution in [0.2, 0.25) is 0 Å². The Morgan fingerprint density at radius 3 is 2.36 bits per heavy atom. The lowest BCUT2D eigenvalue weighted by Crippen LogP contribution is -1.95. The summed E-state index contributed by atoms with van der Waals surface area (Å²) in [4.78, 5) is 3.64. The van der Waals surface area contributed by atoms with Crippen molar-refractivity contribution in [3.8, 4) is 5.75 Å². The molecule has 1 heterocycles. The minimum Gasteiger partial charge on any atom is -0.506 e. The van der Waals surface area contributed by atoms with E-state index in [2.05, 4.69) is 4.98 Å². The van der Waals surface area contributed by atoms with Crippen LogP contribution in [-0.2, 0) is 13.2 Å². The van der Waals surface area contributed by atoms with Gasteiger partial charge in [-0.25, -0.2) is 0 Å². The summed E-state index contributed by atoms with van der Waals surface area (Å²) in [6, 6.07) is 0. The van der Waals surface area contributed by atoms with Crippen LogP contribution in [0, 0.1) is 0 Å². The molecule has 3 N–H and O–H groups in total. The first-order valence-electron chi connectivity index (χ1n) is 3.16. The van der Waals surface area contributed by atoms with Gasteiger partial charge in [-0.05, 0) is 0 Å². The van der Waals surface area contributed by atoms with Crippen LogP contribution >= 0.6 is 0 Å². The largest absolute Gasteiger partial charge is 0.506 e. The third kappa shape index (κ3) is 1.47. The molecule has 1 aromatic rings. The Kier molecular flexibility index (Phi) is 2.40. The zero-order valence-corrected chi connectivity index (χ0v) is 5.86. The van der Waals surface area contributed by atoms with Crippen molar-refractivity contribution in [2.45, 2.75) is 13.2 Å². The van der Waals surface area contributed by atoms with Gasteiger partial charge in [0.15, 0.2) is 0 Å². The van der Waals surface area contributed by atoms with E-state index in [0.29, 0.717) is 11.1 Å². The molecule has 0 spiro atoms. The molecule has 60 valence electrons. The Bertz CT molecular complexity index is 249. The molecule has 0 aliphatic heterocycles. The molecule has 1 aromatic heterocycles. The smallest absolute Gasteiger partial charge is 0.139 e. The second-order valence-corrected chi connectivity index (χ2v) is 2.11. The molecule has 0 aliphatic rings. The van der Waals surface area contributed by atoms with Crippen LogP contribution in [-0.4, -0.2) is 20.3 Å². The molecule has 1 rings (SSSR count). The van der Waals surface area contributed by atoms with E-state index in [4.69, 9.17) is 15.3 Å². The predicted molar refractivity (Wildman–Crippen MR) is 37.7 cm³/mol. The van der Waals surface area contributed by atoms with Crippen molar-refractivity contribution in [1.29, 1.82) is 0 Å². The van der Waals surface area contributed by atoms with Gasteiger partial charge in [0, 0.05) is 17.3 Å². The average Bonchev–Trinajstić information content (AvgIpc) is 2.04. The van der Waals surface area contributed by atoms with E-state index in [1.54, 1.807) is 0 Å². The molecule has 0 aliphatic carbocycles. The van der Waals surface area contributed by atoms with Gasteiger partial charge in [-0.2, -0.15) is 0 Å². The molecule has 0 unspecified atom stereocenters. The van der Waals surface area contributed by atoms with Gasteiger partial charge >= 0.3 is 0 Å². The fourth-order valence-electron chi connectivity index (χ4n) is 0.837. The Hall–Kier alpha value is -1.13. The predicted octanol–water partition coefficient (Wildman–Crippen LogP) is -0.228. The quantitative estimate of drug-likeness (QED) is 0.551. The van der Waals surface area contributed by atoms with E-state index >= 15 is 0 Å². The number of aromatic nitrogens is 1. The van der Waals surface area contributed by atoms with E-state index in [0.717, 1.165) is 0 Å². The molecule has 0 bridgehead atoms. The lowest BCUT2D eigenvalue weighted by molar-refractivity contribution is 0.254. The van der Waals surface area contributed by atoms with Crippen molar-refractivity contribution in [3.05, 3.63) is 23.5 Å². The van der Waals surface area contributed by atoms with Crippen LogP contribution in [0.15, 0.2) is 12.4 Å². The molecular weight excluding hydrogens is 146 g/mol. The number of hydrogen-bond donors (Lipinski definition) is 3. The number of pyridine rings is 1. The number of aliphatic hydroxyl groups excluding tert-OH is 2. The zero-order chi connectivity index (χ0) is 8.27. The SMILES string of the molecule is OCc1cncc(O)c1CO. The summed E-state index contributed by atoms with van der Waals surface area (Å²) in [5.74, 6) is -0.0842. The van der Waals surface area contributed by atoms with Crippen LogP contribution < -0.4 is 0 Å². The Morgan fingerprint density at radius 2 is 1.91 bits per heavy atom. The van der Waals surface area contributed by atoms with E-state index in [9.17, 15) is 0 Å². The molecule has 0 fully saturated rings. The zero-order valence-electron chi connectivity index (χ0n) is 5.86. The van der Waals surface area contributed by atoms with Crippen molar-refractivity contribution >= 4 is 0 Å². The second kappa shape index (κ2) is 3.32. The minimum absolute atomic E-state index is 0.0842. The Morgan fingerprint density at radius 1 is 1.18 bits per heavy atom. The number of hydrogen-bond acceptors (Lipinski definition) is 4. The van der Waals surface area contributed by atoms with Crippen molar-refractivity contribution < 1.29 is 15.3 Å². The third-order valence-electron chi connectivity index (χ3n) is 1.45. The first-order valence-corrected chi connectivity index (χ1v) is 3.16. The highest BCUT2D eigenvalue weighted by Crippen LogP contribution is 2.18. The van der Waals surface area contributed by atoms with Gasteiger partial charge in [0.25, 0.3) is 0 Å². The molecular formula is C7H9NO3. The lowest BCUT2D eigenvalue weighted by Gasteiger charge is -2.04. The van der Waals surface area contributed by atoms with Gasteiger partial charge in [0.1, 0.15) is 5.75 Å². The normalized spacial score (nSPS) is 10.0. The lowest BCUT2D eigenvalue weighted by atomic mass is 10.1. The van der Waals surface area contributed by atoms with Gasteiger partial charge in [-0.3, -0.25) is 4.98 Å². The molecule has 0 amide bonds. The number of rotatable bonds is 2. The van der Waals surface area contributed by atoms with Crippen LogP contribution in [0.25, 0.3) is 0 Å². The second-order valence-electron chi connectivity index (χ2n) is 2.11. The summed E-state index contributed by atoms with van der Waals surface area (Å²) >= 11 is 0. The van der Waals surface area contributed by atoms with Crippen molar-refractivity contribution in [1.82, 2.24) is 4.98 Å². The van der Waals surface area contributed by atoms with E-state index in [-0.39, 0.29) is 19.0 Å². The Balaban J connectivity index is 3.13. The van der Waals surface area contributed by atoms with E-state index in [1.807, 2.05) is 0 Å². The highest BCUT2D eigenvalue weighted by Gasteiger charge is 2.05. The van der Waals surface area contributed by atoms with E-state index in [1.165, 1.54) is 12.4 Å². The van der Waals surface area contributed by atoms with Gasteiger partial charge in [0.2, 0.25) is 0 Å². The summed E-state index contributed by atoms with van der Waals surface area (Å²) < 4.78 is 0.